The molecule has 2 aliphatic rings. The summed E-state index contributed by atoms with van der Waals surface area (Å²) in [6.45, 7) is 1.80. The first kappa shape index (κ1) is 18.7. The second-order valence-electron chi connectivity index (χ2n) is 7.54. The predicted octanol–water partition coefficient (Wildman–Crippen LogP) is 3.71. The molecule has 0 bridgehead atoms. The van der Waals surface area contributed by atoms with E-state index in [0.717, 1.165) is 30.7 Å². The van der Waals surface area contributed by atoms with Crippen LogP contribution in [0.1, 0.15) is 29.6 Å². The topological polar surface area (TPSA) is 50.8 Å². The van der Waals surface area contributed by atoms with E-state index in [1.54, 1.807) is 30.2 Å². The van der Waals surface area contributed by atoms with Crippen molar-refractivity contribution in [1.29, 1.82) is 0 Å². The molecule has 148 valence electrons. The van der Waals surface area contributed by atoms with Gasteiger partial charge in [-0.05, 0) is 43.5 Å². The number of carbonyl (C=O) groups excluding carboxylic acids is 1. The monoisotopic (exact) mass is 384 g/mol. The molecule has 2 fully saturated rings. The number of carbonyl (C=O) groups is 1. The fourth-order valence-electron chi connectivity index (χ4n) is 4.16. The summed E-state index contributed by atoms with van der Waals surface area (Å²) in [5.74, 6) is 0.114. The molecule has 2 aliphatic heterocycles. The van der Waals surface area contributed by atoms with E-state index in [9.17, 15) is 9.18 Å². The Kier molecular flexibility index (Phi) is 5.22. The quantitative estimate of drug-likeness (QED) is 0.873. The van der Waals surface area contributed by atoms with E-state index in [1.165, 1.54) is 6.07 Å². The number of amides is 1. The summed E-state index contributed by atoms with van der Waals surface area (Å²) >= 11 is 0. The van der Waals surface area contributed by atoms with Crippen molar-refractivity contribution >= 4 is 11.6 Å². The summed E-state index contributed by atoms with van der Waals surface area (Å²) in [5.41, 5.74) is 0.947. The summed E-state index contributed by atoms with van der Waals surface area (Å²) in [7, 11) is 1.66. The summed E-state index contributed by atoms with van der Waals surface area (Å²) in [6.07, 6.45) is 2.43. The number of piperidine rings is 1. The van der Waals surface area contributed by atoms with Gasteiger partial charge in [0.1, 0.15) is 11.6 Å². The van der Waals surface area contributed by atoms with E-state index >= 15 is 0 Å². The molecule has 1 N–H and O–H groups in total. The highest BCUT2D eigenvalue weighted by atomic mass is 19.1. The van der Waals surface area contributed by atoms with Crippen LogP contribution in [0.25, 0.3) is 0 Å². The highest BCUT2D eigenvalue weighted by molar-refractivity contribution is 5.94. The molecule has 2 aromatic carbocycles. The van der Waals surface area contributed by atoms with Crippen LogP contribution in [0.5, 0.6) is 5.75 Å². The molecular weight excluding hydrogens is 359 g/mol. The Morgan fingerprint density at radius 1 is 1.21 bits per heavy atom. The van der Waals surface area contributed by atoms with Crippen LogP contribution >= 0.6 is 0 Å². The second kappa shape index (κ2) is 7.80. The second-order valence-corrected chi connectivity index (χ2v) is 7.54. The molecular formula is C22H25FN2O3. The Bertz CT molecular complexity index is 849. The Morgan fingerprint density at radius 3 is 2.75 bits per heavy atom. The van der Waals surface area contributed by atoms with E-state index in [-0.39, 0.29) is 23.1 Å². The fourth-order valence-corrected chi connectivity index (χ4v) is 4.16. The molecule has 2 heterocycles. The van der Waals surface area contributed by atoms with Gasteiger partial charge in [-0.15, -0.1) is 0 Å². The zero-order chi connectivity index (χ0) is 19.6. The summed E-state index contributed by atoms with van der Waals surface area (Å²) in [5, 5.41) is 3.52. The van der Waals surface area contributed by atoms with Gasteiger partial charge in [0, 0.05) is 24.8 Å². The van der Waals surface area contributed by atoms with Crippen molar-refractivity contribution in [3.8, 4) is 5.75 Å². The van der Waals surface area contributed by atoms with Gasteiger partial charge < -0.3 is 19.7 Å². The molecule has 0 aromatic heterocycles. The lowest BCUT2D eigenvalue weighted by Gasteiger charge is -2.38. The first-order valence-corrected chi connectivity index (χ1v) is 9.67. The van der Waals surface area contributed by atoms with E-state index in [1.807, 2.05) is 24.3 Å². The maximum Gasteiger partial charge on any atom is 0.256 e. The van der Waals surface area contributed by atoms with Crippen LogP contribution in [0.15, 0.2) is 48.5 Å². The maximum absolute atomic E-state index is 13.9. The third kappa shape index (κ3) is 3.83. The summed E-state index contributed by atoms with van der Waals surface area (Å²) in [4.78, 5) is 14.3. The molecule has 6 heteroatoms. The van der Waals surface area contributed by atoms with Crippen molar-refractivity contribution in [2.24, 2.45) is 0 Å². The van der Waals surface area contributed by atoms with Gasteiger partial charge in [0.25, 0.3) is 5.91 Å². The molecule has 1 amide bonds. The number of rotatable bonds is 4. The van der Waals surface area contributed by atoms with Crippen LogP contribution in [0.3, 0.4) is 0 Å². The van der Waals surface area contributed by atoms with Gasteiger partial charge in [0.15, 0.2) is 0 Å². The van der Waals surface area contributed by atoms with Crippen molar-refractivity contribution < 1.29 is 18.7 Å². The minimum Gasteiger partial charge on any atom is -0.497 e. The zero-order valence-corrected chi connectivity index (χ0v) is 16.0. The number of methoxy groups -OCH3 is 1. The number of hydrogen-bond acceptors (Lipinski definition) is 4. The molecule has 1 spiro atoms. The van der Waals surface area contributed by atoms with E-state index in [2.05, 4.69) is 5.32 Å². The number of likely N-dealkylation sites (tertiary alicyclic amines) is 1. The molecule has 2 aromatic rings. The normalized spacial score (nSPS) is 20.9. The lowest BCUT2D eigenvalue weighted by Crippen LogP contribution is -2.46. The highest BCUT2D eigenvalue weighted by Crippen LogP contribution is 2.37. The van der Waals surface area contributed by atoms with Crippen LogP contribution in [-0.2, 0) is 4.74 Å². The van der Waals surface area contributed by atoms with Crippen LogP contribution in [0.2, 0.25) is 0 Å². The Morgan fingerprint density at radius 2 is 2.00 bits per heavy atom. The SMILES string of the molecule is COc1cccc(N[C@H]2COC3(CCN(C(=O)c4ccccc4F)CC3)C2)c1. The number of ether oxygens (including phenoxy) is 2. The first-order chi connectivity index (χ1) is 13.6. The van der Waals surface area contributed by atoms with Crippen LogP contribution in [-0.4, -0.2) is 49.3 Å². The number of benzene rings is 2. The molecule has 4 rings (SSSR count). The summed E-state index contributed by atoms with van der Waals surface area (Å²) < 4.78 is 25.4. The largest absolute Gasteiger partial charge is 0.497 e. The van der Waals surface area contributed by atoms with E-state index in [0.29, 0.717) is 19.7 Å². The highest BCUT2D eigenvalue weighted by Gasteiger charge is 2.43. The molecule has 0 radical (unpaired) electrons. The van der Waals surface area contributed by atoms with Gasteiger partial charge in [-0.1, -0.05) is 18.2 Å². The van der Waals surface area contributed by atoms with E-state index in [4.69, 9.17) is 9.47 Å². The molecule has 28 heavy (non-hydrogen) atoms. The van der Waals surface area contributed by atoms with Crippen molar-refractivity contribution in [2.75, 3.05) is 32.1 Å². The third-order valence-corrected chi connectivity index (χ3v) is 5.72. The Balaban J connectivity index is 1.34. The summed E-state index contributed by atoms with van der Waals surface area (Å²) in [6, 6.07) is 14.2. The van der Waals surface area contributed by atoms with Gasteiger partial charge >= 0.3 is 0 Å². The first-order valence-electron chi connectivity index (χ1n) is 9.67. The van der Waals surface area contributed by atoms with Gasteiger partial charge in [0.2, 0.25) is 0 Å². The Hall–Kier alpha value is -2.60. The lowest BCUT2D eigenvalue weighted by atomic mass is 9.87. The Labute approximate surface area is 164 Å². The molecule has 1 atom stereocenters. The maximum atomic E-state index is 13.9. The zero-order valence-electron chi connectivity index (χ0n) is 16.0. The number of halogens is 1. The van der Waals surface area contributed by atoms with Gasteiger partial charge in [0.05, 0.1) is 30.9 Å². The van der Waals surface area contributed by atoms with Crippen LogP contribution in [0.4, 0.5) is 10.1 Å². The van der Waals surface area contributed by atoms with Crippen LogP contribution in [0, 0.1) is 5.82 Å². The number of nitrogens with one attached hydrogen (secondary N) is 1. The van der Waals surface area contributed by atoms with Crippen molar-refractivity contribution in [2.45, 2.75) is 30.9 Å². The standard InChI is InChI=1S/C22H25FN2O3/c1-27-18-6-4-5-16(13-18)24-17-14-22(28-15-17)9-11-25(12-10-22)21(26)19-7-2-3-8-20(19)23/h2-8,13,17,24H,9-12,14-15H2,1H3/t17-/m1/s1. The van der Waals surface area contributed by atoms with Crippen LogP contribution < -0.4 is 10.1 Å². The van der Waals surface area contributed by atoms with Gasteiger partial charge in [-0.25, -0.2) is 4.39 Å². The molecule has 0 aliphatic carbocycles. The number of nitrogens with zero attached hydrogens (tertiary/aromatic N) is 1. The number of anilines is 1. The van der Waals surface area contributed by atoms with Crippen molar-refractivity contribution in [3.63, 3.8) is 0 Å². The fraction of sp³-hybridized carbons (Fsp3) is 0.409. The van der Waals surface area contributed by atoms with Gasteiger partial charge in [-0.2, -0.15) is 0 Å². The molecule has 0 unspecified atom stereocenters. The van der Waals surface area contributed by atoms with Gasteiger partial charge in [-0.3, -0.25) is 4.79 Å². The van der Waals surface area contributed by atoms with Crippen molar-refractivity contribution in [1.82, 2.24) is 4.90 Å². The number of hydrogen-bond donors (Lipinski definition) is 1. The smallest absolute Gasteiger partial charge is 0.256 e. The third-order valence-electron chi connectivity index (χ3n) is 5.72. The van der Waals surface area contributed by atoms with E-state index < -0.39 is 5.82 Å². The lowest BCUT2D eigenvalue weighted by molar-refractivity contribution is -0.0388. The van der Waals surface area contributed by atoms with Crippen molar-refractivity contribution in [3.05, 3.63) is 59.9 Å². The minimum atomic E-state index is -0.465. The average molecular weight is 384 g/mol. The predicted molar refractivity (Wildman–Crippen MR) is 105 cm³/mol. The molecule has 0 saturated carbocycles. The molecule has 5 nitrogen and oxygen atoms in total. The average Bonchev–Trinajstić information content (AvgIpc) is 3.10. The molecule has 2 saturated heterocycles. The minimum absolute atomic E-state index is 0.142.